The maximum atomic E-state index is 14.5. The van der Waals surface area contributed by atoms with Crippen molar-refractivity contribution < 1.29 is 18.7 Å². The Labute approximate surface area is 173 Å². The lowest BCUT2D eigenvalue weighted by Crippen LogP contribution is -2.19. The van der Waals surface area contributed by atoms with Crippen molar-refractivity contribution in [2.75, 3.05) is 10.6 Å². The van der Waals surface area contributed by atoms with Crippen LogP contribution < -0.4 is 10.6 Å². The van der Waals surface area contributed by atoms with E-state index in [4.69, 9.17) is 4.74 Å². The van der Waals surface area contributed by atoms with Gasteiger partial charge in [-0.3, -0.25) is 14.5 Å². The number of fused-ring (bicyclic) bond motifs is 1. The molecular formula is C21H24FN5O3. The number of hydrogen-bond acceptors (Lipinski definition) is 5. The molecule has 0 bridgehead atoms. The SMILES string of the molecule is CCC(C)C(=O)Nc1ccc(F)c(-c2cn3cc(NC(=O)OC(C)C)cnc3n2)c1. The lowest BCUT2D eigenvalue weighted by molar-refractivity contribution is -0.119. The summed E-state index contributed by atoms with van der Waals surface area (Å²) in [4.78, 5) is 32.4. The van der Waals surface area contributed by atoms with E-state index >= 15 is 0 Å². The van der Waals surface area contributed by atoms with Crippen molar-refractivity contribution in [3.63, 3.8) is 0 Å². The summed E-state index contributed by atoms with van der Waals surface area (Å²) in [5, 5.41) is 5.37. The van der Waals surface area contributed by atoms with E-state index in [1.54, 1.807) is 30.6 Å². The molecule has 3 aromatic rings. The van der Waals surface area contributed by atoms with Crippen LogP contribution >= 0.6 is 0 Å². The fraction of sp³-hybridized carbons (Fsp3) is 0.333. The van der Waals surface area contributed by atoms with Gasteiger partial charge in [-0.2, -0.15) is 0 Å². The van der Waals surface area contributed by atoms with Gasteiger partial charge in [-0.1, -0.05) is 13.8 Å². The van der Waals surface area contributed by atoms with Gasteiger partial charge in [0.2, 0.25) is 11.7 Å². The van der Waals surface area contributed by atoms with Crippen molar-refractivity contribution in [3.8, 4) is 11.3 Å². The number of nitrogens with zero attached hydrogens (tertiary/aromatic N) is 3. The van der Waals surface area contributed by atoms with Crippen molar-refractivity contribution in [1.82, 2.24) is 14.4 Å². The second kappa shape index (κ2) is 8.89. The summed E-state index contributed by atoms with van der Waals surface area (Å²) in [6, 6.07) is 4.33. The van der Waals surface area contributed by atoms with Gasteiger partial charge in [0.05, 0.1) is 23.7 Å². The molecule has 0 aliphatic carbocycles. The molecule has 30 heavy (non-hydrogen) atoms. The Balaban J connectivity index is 1.86. The summed E-state index contributed by atoms with van der Waals surface area (Å²) < 4.78 is 21.1. The first-order chi connectivity index (χ1) is 14.3. The number of ether oxygens (including phenoxy) is 1. The number of carbonyl (C=O) groups is 2. The zero-order chi connectivity index (χ0) is 21.8. The highest BCUT2D eigenvalue weighted by Crippen LogP contribution is 2.26. The predicted molar refractivity (Wildman–Crippen MR) is 112 cm³/mol. The molecule has 2 N–H and O–H groups in total. The maximum Gasteiger partial charge on any atom is 0.411 e. The third-order valence-electron chi connectivity index (χ3n) is 4.47. The number of nitrogens with one attached hydrogen (secondary N) is 2. The average Bonchev–Trinajstić information content (AvgIpc) is 3.11. The minimum atomic E-state index is -0.595. The molecule has 9 heteroatoms. The van der Waals surface area contributed by atoms with Crippen LogP contribution in [0.5, 0.6) is 0 Å². The third-order valence-corrected chi connectivity index (χ3v) is 4.47. The Kier molecular flexibility index (Phi) is 6.29. The molecule has 0 saturated heterocycles. The number of rotatable bonds is 6. The molecule has 3 rings (SSSR count). The Morgan fingerprint density at radius 1 is 1.17 bits per heavy atom. The lowest BCUT2D eigenvalue weighted by atomic mass is 10.1. The number of halogens is 1. The highest BCUT2D eigenvalue weighted by molar-refractivity contribution is 5.93. The smallest absolute Gasteiger partial charge is 0.411 e. The molecule has 8 nitrogen and oxygen atoms in total. The molecule has 0 spiro atoms. The van der Waals surface area contributed by atoms with Gasteiger partial charge in [-0.15, -0.1) is 0 Å². The monoisotopic (exact) mass is 413 g/mol. The average molecular weight is 413 g/mol. The van der Waals surface area contributed by atoms with E-state index < -0.39 is 11.9 Å². The van der Waals surface area contributed by atoms with Crippen LogP contribution in [0.3, 0.4) is 0 Å². The Bertz CT molecular complexity index is 1080. The second-order valence-electron chi connectivity index (χ2n) is 7.25. The van der Waals surface area contributed by atoms with Gasteiger partial charge in [-0.05, 0) is 38.5 Å². The van der Waals surface area contributed by atoms with Gasteiger partial charge < -0.3 is 10.1 Å². The number of aromatic nitrogens is 3. The first-order valence-corrected chi connectivity index (χ1v) is 9.70. The zero-order valence-electron chi connectivity index (χ0n) is 17.3. The van der Waals surface area contributed by atoms with Crippen molar-refractivity contribution in [1.29, 1.82) is 0 Å². The number of anilines is 2. The number of hydrogen-bond donors (Lipinski definition) is 2. The van der Waals surface area contributed by atoms with Gasteiger partial charge in [0, 0.05) is 29.6 Å². The van der Waals surface area contributed by atoms with E-state index in [1.165, 1.54) is 24.4 Å². The van der Waals surface area contributed by atoms with E-state index in [2.05, 4.69) is 20.6 Å². The predicted octanol–water partition coefficient (Wildman–Crippen LogP) is 4.48. The molecule has 0 fully saturated rings. The van der Waals surface area contributed by atoms with Crippen LogP contribution in [0, 0.1) is 11.7 Å². The lowest BCUT2D eigenvalue weighted by Gasteiger charge is -2.11. The van der Waals surface area contributed by atoms with Crippen LogP contribution in [0.15, 0.2) is 36.8 Å². The first kappa shape index (κ1) is 21.2. The number of imidazole rings is 1. The fourth-order valence-corrected chi connectivity index (χ4v) is 2.69. The van der Waals surface area contributed by atoms with Crippen LogP contribution in [0.1, 0.15) is 34.1 Å². The maximum absolute atomic E-state index is 14.5. The number of amides is 2. The van der Waals surface area contributed by atoms with Crippen LogP contribution in [-0.2, 0) is 9.53 Å². The summed E-state index contributed by atoms with van der Waals surface area (Å²) in [6.07, 6.45) is 4.50. The van der Waals surface area contributed by atoms with Gasteiger partial charge in [-0.25, -0.2) is 19.2 Å². The van der Waals surface area contributed by atoms with Crippen molar-refractivity contribution in [2.45, 2.75) is 40.2 Å². The number of carbonyl (C=O) groups excluding carboxylic acids is 2. The summed E-state index contributed by atoms with van der Waals surface area (Å²) >= 11 is 0. The molecule has 2 amide bonds. The largest absolute Gasteiger partial charge is 0.447 e. The van der Waals surface area contributed by atoms with Crippen molar-refractivity contribution in [3.05, 3.63) is 42.6 Å². The molecule has 0 aliphatic rings. The highest BCUT2D eigenvalue weighted by atomic mass is 19.1. The molecular weight excluding hydrogens is 389 g/mol. The zero-order valence-corrected chi connectivity index (χ0v) is 17.3. The van der Waals surface area contributed by atoms with Crippen molar-refractivity contribution in [2.24, 2.45) is 5.92 Å². The van der Waals surface area contributed by atoms with E-state index in [1.807, 2.05) is 13.8 Å². The topological polar surface area (TPSA) is 97.6 Å². The Morgan fingerprint density at radius 3 is 2.63 bits per heavy atom. The van der Waals surface area contributed by atoms with E-state index in [9.17, 15) is 14.0 Å². The summed E-state index contributed by atoms with van der Waals surface area (Å²) in [7, 11) is 0. The molecule has 1 aromatic carbocycles. The molecule has 158 valence electrons. The standard InChI is InChI=1S/C21H24FN5O3/c1-5-13(4)19(28)24-14-6-7-17(22)16(8-14)18-11-27-10-15(9-23-20(27)26-18)25-21(29)30-12(2)3/h6-13H,5H2,1-4H3,(H,24,28)(H,25,29). The minimum absolute atomic E-state index is 0.129. The van der Waals surface area contributed by atoms with Gasteiger partial charge >= 0.3 is 6.09 Å². The van der Waals surface area contributed by atoms with Gasteiger partial charge in [0.1, 0.15) is 5.82 Å². The fourth-order valence-electron chi connectivity index (χ4n) is 2.69. The molecule has 0 aliphatic heterocycles. The molecule has 0 saturated carbocycles. The van der Waals surface area contributed by atoms with Gasteiger partial charge in [0.25, 0.3) is 0 Å². The van der Waals surface area contributed by atoms with Crippen LogP contribution in [0.25, 0.3) is 17.0 Å². The van der Waals surface area contributed by atoms with E-state index in [-0.39, 0.29) is 23.5 Å². The second-order valence-corrected chi connectivity index (χ2v) is 7.25. The van der Waals surface area contributed by atoms with E-state index in [0.29, 0.717) is 29.3 Å². The Hall–Kier alpha value is -3.49. The molecule has 1 unspecified atom stereocenters. The summed E-state index contributed by atoms with van der Waals surface area (Å²) in [6.45, 7) is 7.25. The normalized spacial score (nSPS) is 12.1. The molecule has 2 aromatic heterocycles. The Morgan fingerprint density at radius 2 is 1.93 bits per heavy atom. The summed E-state index contributed by atoms with van der Waals surface area (Å²) in [5.74, 6) is -0.415. The minimum Gasteiger partial charge on any atom is -0.447 e. The van der Waals surface area contributed by atoms with E-state index in [0.717, 1.165) is 0 Å². The molecule has 0 radical (unpaired) electrons. The third kappa shape index (κ3) is 4.91. The summed E-state index contributed by atoms with van der Waals surface area (Å²) in [5.41, 5.74) is 1.48. The number of benzene rings is 1. The molecule has 2 heterocycles. The quantitative estimate of drug-likeness (QED) is 0.621. The molecule has 1 atom stereocenters. The van der Waals surface area contributed by atoms with Gasteiger partial charge in [0.15, 0.2) is 0 Å². The van der Waals surface area contributed by atoms with Crippen LogP contribution in [0.4, 0.5) is 20.6 Å². The van der Waals surface area contributed by atoms with Crippen LogP contribution in [-0.4, -0.2) is 32.5 Å². The first-order valence-electron chi connectivity index (χ1n) is 9.70. The highest BCUT2D eigenvalue weighted by Gasteiger charge is 2.15. The van der Waals surface area contributed by atoms with Crippen molar-refractivity contribution >= 4 is 29.2 Å². The van der Waals surface area contributed by atoms with Crippen LogP contribution in [0.2, 0.25) is 0 Å².